The number of fused-ring (bicyclic) bond motifs is 3. The Morgan fingerprint density at radius 1 is 1.11 bits per heavy atom. The molecule has 1 amide bonds. The highest BCUT2D eigenvalue weighted by atomic mass is 19.4. The van der Waals surface area contributed by atoms with Crippen molar-refractivity contribution in [3.63, 3.8) is 0 Å². The van der Waals surface area contributed by atoms with Gasteiger partial charge in [0.25, 0.3) is 5.91 Å². The third kappa shape index (κ3) is 5.21. The van der Waals surface area contributed by atoms with E-state index >= 15 is 4.39 Å². The maximum Gasteiger partial charge on any atom is 0.390 e. The molecule has 0 fully saturated rings. The Balaban J connectivity index is 1.70. The molecule has 0 spiro atoms. The first-order valence-corrected chi connectivity index (χ1v) is 14.2. The molecule has 46 heavy (non-hydrogen) atoms. The molecule has 0 saturated carbocycles. The van der Waals surface area contributed by atoms with Gasteiger partial charge in [0, 0.05) is 41.8 Å². The molecule has 7 N–H and O–H groups in total. The van der Waals surface area contributed by atoms with Crippen molar-refractivity contribution in [2.45, 2.75) is 43.6 Å². The number of aromatic hydroxyl groups is 1. The molecule has 5 rings (SSSR count). The van der Waals surface area contributed by atoms with Gasteiger partial charge in [0.1, 0.15) is 34.5 Å². The topological polar surface area (TPSA) is 173 Å². The number of hydrogen-bond donors (Lipinski definition) is 6. The zero-order chi connectivity index (χ0) is 34.0. The van der Waals surface area contributed by atoms with Gasteiger partial charge in [-0.05, 0) is 62.2 Å². The van der Waals surface area contributed by atoms with E-state index in [-0.39, 0.29) is 35.1 Å². The van der Waals surface area contributed by atoms with E-state index < -0.39 is 112 Å². The number of hydrogen-bond acceptors (Lipinski definition) is 9. The number of benzene rings is 2. The number of allylic oxidation sites excluding steroid dienone is 1. The van der Waals surface area contributed by atoms with Crippen molar-refractivity contribution in [1.82, 2.24) is 10.2 Å². The standard InChI is InChI=1S/C31H30F5N3O7/c1-39(2)23-18-9-12-7-17-16(15-4-3-14(32)10-19(15)33)8-13(11-38-6-5-30(34,35)36)24(40)21(17)25(41)20(12)27(43)31(18,46)28(44)22(26(23)42)29(37)45/h3-4,8,10,12,18,23,38,40,42-43,46H,5-7,9,11H2,1-2H3,(H2,37,45)/t12-,18-,23-,31-/m0/s1. The number of rotatable bonds is 7. The highest BCUT2D eigenvalue weighted by molar-refractivity contribution is 6.25. The van der Waals surface area contributed by atoms with Crippen LogP contribution in [0.5, 0.6) is 5.75 Å². The van der Waals surface area contributed by atoms with Crippen LogP contribution in [0.2, 0.25) is 0 Å². The van der Waals surface area contributed by atoms with Crippen LogP contribution in [0.1, 0.15) is 34.3 Å². The summed E-state index contributed by atoms with van der Waals surface area (Å²) in [5.41, 5.74) is 0.329. The number of aliphatic hydroxyl groups is 3. The molecule has 0 unspecified atom stereocenters. The Bertz CT molecular complexity index is 1740. The predicted molar refractivity (Wildman–Crippen MR) is 151 cm³/mol. The number of aliphatic hydroxyl groups excluding tert-OH is 2. The minimum absolute atomic E-state index is 0.0216. The number of phenolic OH excluding ortho intramolecular Hbond substituents is 1. The summed E-state index contributed by atoms with van der Waals surface area (Å²) in [5, 5.41) is 47.9. The molecule has 2 aromatic carbocycles. The van der Waals surface area contributed by atoms with Crippen molar-refractivity contribution in [3.8, 4) is 16.9 Å². The van der Waals surface area contributed by atoms with Gasteiger partial charge in [-0.1, -0.05) is 0 Å². The largest absolute Gasteiger partial charge is 0.510 e. The average Bonchev–Trinajstić information content (AvgIpc) is 2.93. The number of halogens is 5. The number of primary amides is 1. The summed E-state index contributed by atoms with van der Waals surface area (Å²) in [5.74, 6) is -10.6. The highest BCUT2D eigenvalue weighted by Crippen LogP contribution is 2.53. The van der Waals surface area contributed by atoms with Gasteiger partial charge in [0.05, 0.1) is 18.0 Å². The van der Waals surface area contributed by atoms with Crippen LogP contribution in [0.15, 0.2) is 46.9 Å². The summed E-state index contributed by atoms with van der Waals surface area (Å²) >= 11 is 0. The van der Waals surface area contributed by atoms with Crippen LogP contribution in [0.3, 0.4) is 0 Å². The average molecular weight is 652 g/mol. The van der Waals surface area contributed by atoms with E-state index in [2.05, 4.69) is 5.32 Å². The number of carbonyl (C=O) groups is 3. The molecule has 15 heteroatoms. The molecule has 0 radical (unpaired) electrons. The lowest BCUT2D eigenvalue weighted by atomic mass is 9.58. The number of carbonyl (C=O) groups excluding carboxylic acids is 3. The molecule has 3 aliphatic carbocycles. The van der Waals surface area contributed by atoms with E-state index in [1.165, 1.54) is 25.1 Å². The van der Waals surface area contributed by atoms with Crippen LogP contribution in [-0.4, -0.2) is 81.3 Å². The number of likely N-dealkylation sites (N-methyl/N-ethyl adjacent to an activating group) is 1. The zero-order valence-electron chi connectivity index (χ0n) is 24.5. The summed E-state index contributed by atoms with van der Waals surface area (Å²) in [6, 6.07) is 2.70. The smallest absolute Gasteiger partial charge is 0.390 e. The molecule has 3 aliphatic rings. The van der Waals surface area contributed by atoms with Gasteiger partial charge in [-0.15, -0.1) is 0 Å². The molecule has 0 aromatic heterocycles. The number of amides is 1. The summed E-state index contributed by atoms with van der Waals surface area (Å²) < 4.78 is 67.1. The lowest BCUT2D eigenvalue weighted by Gasteiger charge is -2.50. The molecular weight excluding hydrogens is 621 g/mol. The normalized spacial score (nSPS) is 24.7. The first-order chi connectivity index (χ1) is 21.4. The number of nitrogens with zero attached hydrogens (tertiary/aromatic N) is 1. The second-order valence-electron chi connectivity index (χ2n) is 11.9. The summed E-state index contributed by atoms with van der Waals surface area (Å²) in [7, 11) is 2.95. The van der Waals surface area contributed by atoms with Crippen LogP contribution < -0.4 is 11.1 Å². The summed E-state index contributed by atoms with van der Waals surface area (Å²) in [4.78, 5) is 41.2. The molecule has 4 atom stereocenters. The van der Waals surface area contributed by atoms with E-state index in [4.69, 9.17) is 5.73 Å². The van der Waals surface area contributed by atoms with E-state index in [0.717, 1.165) is 12.1 Å². The molecule has 2 aromatic rings. The second kappa shape index (κ2) is 11.5. The summed E-state index contributed by atoms with van der Waals surface area (Å²) in [6.45, 7) is -0.970. The third-order valence-electron chi connectivity index (χ3n) is 8.92. The maximum absolute atomic E-state index is 15.1. The van der Waals surface area contributed by atoms with E-state index in [0.29, 0.717) is 6.07 Å². The van der Waals surface area contributed by atoms with Crippen LogP contribution in [0.4, 0.5) is 22.0 Å². The molecule has 0 bridgehead atoms. The first-order valence-electron chi connectivity index (χ1n) is 14.2. The monoisotopic (exact) mass is 651 g/mol. The van der Waals surface area contributed by atoms with Gasteiger partial charge in [-0.3, -0.25) is 19.3 Å². The Morgan fingerprint density at radius 3 is 2.37 bits per heavy atom. The Labute approximate surface area is 258 Å². The van der Waals surface area contributed by atoms with Crippen molar-refractivity contribution in [1.29, 1.82) is 0 Å². The fourth-order valence-corrected chi connectivity index (χ4v) is 6.91. The predicted octanol–water partition coefficient (Wildman–Crippen LogP) is 3.11. The SMILES string of the molecule is CN(C)[C@@H]1C(O)=C(C(N)=O)C(=O)[C@@]2(O)C(O)=C3C(=O)c4c(O)c(CNCCC(F)(F)F)cc(-c5ccc(F)cc5F)c4C[C@H]3C[C@@H]12. The Hall–Kier alpha value is -4.34. The van der Waals surface area contributed by atoms with Gasteiger partial charge >= 0.3 is 6.18 Å². The molecular formula is C31H30F5N3O7. The van der Waals surface area contributed by atoms with Gasteiger partial charge < -0.3 is 31.5 Å². The van der Waals surface area contributed by atoms with Crippen LogP contribution in [0, 0.1) is 23.5 Å². The minimum atomic E-state index is -4.48. The molecule has 0 heterocycles. The van der Waals surface area contributed by atoms with Gasteiger partial charge in [-0.2, -0.15) is 13.2 Å². The van der Waals surface area contributed by atoms with Gasteiger partial charge in [-0.25, -0.2) is 8.78 Å². The van der Waals surface area contributed by atoms with Crippen LogP contribution >= 0.6 is 0 Å². The van der Waals surface area contributed by atoms with E-state index in [1.807, 2.05) is 0 Å². The molecule has 0 aliphatic heterocycles. The quantitative estimate of drug-likeness (QED) is 0.149. The molecule has 10 nitrogen and oxygen atoms in total. The van der Waals surface area contributed by atoms with E-state index in [1.54, 1.807) is 0 Å². The number of nitrogens with two attached hydrogens (primary N) is 1. The second-order valence-corrected chi connectivity index (χ2v) is 11.9. The number of phenols is 1. The minimum Gasteiger partial charge on any atom is -0.510 e. The van der Waals surface area contributed by atoms with Crippen molar-refractivity contribution in [3.05, 3.63) is 75.3 Å². The fraction of sp³-hybridized carbons (Fsp3) is 0.387. The number of Topliss-reactive ketones (excluding diaryl/α,β-unsaturated/α-hetero) is 2. The highest BCUT2D eigenvalue weighted by Gasteiger charge is 2.63. The van der Waals surface area contributed by atoms with Crippen LogP contribution in [-0.2, 0) is 22.6 Å². The van der Waals surface area contributed by atoms with Gasteiger partial charge in [0.2, 0.25) is 5.78 Å². The first kappa shape index (κ1) is 33.0. The van der Waals surface area contributed by atoms with Gasteiger partial charge in [0.15, 0.2) is 11.4 Å². The van der Waals surface area contributed by atoms with Crippen molar-refractivity contribution >= 4 is 17.5 Å². The van der Waals surface area contributed by atoms with E-state index in [9.17, 15) is 52.4 Å². The zero-order valence-corrected chi connectivity index (χ0v) is 24.5. The summed E-state index contributed by atoms with van der Waals surface area (Å²) in [6.07, 6.45) is -6.10. The third-order valence-corrected chi connectivity index (χ3v) is 8.92. The number of nitrogens with one attached hydrogen (secondary N) is 1. The van der Waals surface area contributed by atoms with Crippen LogP contribution in [0.25, 0.3) is 11.1 Å². The number of alkyl halides is 3. The lowest BCUT2D eigenvalue weighted by Crippen LogP contribution is -2.63. The Kier molecular flexibility index (Phi) is 8.24. The molecule has 0 saturated heterocycles. The van der Waals surface area contributed by atoms with Crippen molar-refractivity contribution in [2.24, 2.45) is 17.6 Å². The maximum atomic E-state index is 15.1. The molecule has 246 valence electrons. The van der Waals surface area contributed by atoms with Crippen molar-refractivity contribution in [2.75, 3.05) is 20.6 Å². The fourth-order valence-electron chi connectivity index (χ4n) is 6.91. The number of ketones is 2. The Morgan fingerprint density at radius 2 is 1.78 bits per heavy atom. The lowest BCUT2D eigenvalue weighted by molar-refractivity contribution is -0.148. The van der Waals surface area contributed by atoms with Crippen molar-refractivity contribution < 1.29 is 56.8 Å².